The zero-order valence-corrected chi connectivity index (χ0v) is 18.5. The molecule has 1 N–H and O–H groups in total. The van der Waals surface area contributed by atoms with Crippen molar-refractivity contribution in [2.75, 3.05) is 34.4 Å². The minimum atomic E-state index is 0.0331. The number of benzene rings is 2. The lowest BCUT2D eigenvalue weighted by atomic mass is 9.97. The standard InChI is InChI=1S/C25H31NO5/c1-29-20-9-7-8-18(14-20)10-11-19(17-27)24-23(31-3)15-22(30-2)21(25(24)28)16-26-12-5-4-6-13-26/h7-9,11,14-15,17,28H,4-6,10,12-13,16H2,1-3H3/b19-11-. The van der Waals surface area contributed by atoms with Crippen LogP contribution in [0.25, 0.3) is 5.57 Å². The van der Waals surface area contributed by atoms with Crippen molar-refractivity contribution in [3.8, 4) is 23.0 Å². The predicted molar refractivity (Wildman–Crippen MR) is 121 cm³/mol. The Kier molecular flexibility index (Phi) is 7.95. The number of hydrogen-bond acceptors (Lipinski definition) is 6. The van der Waals surface area contributed by atoms with Crippen LogP contribution < -0.4 is 14.2 Å². The molecule has 0 saturated carbocycles. The lowest BCUT2D eigenvalue weighted by Gasteiger charge is -2.28. The molecule has 0 unspecified atom stereocenters. The first kappa shape index (κ1) is 22.7. The summed E-state index contributed by atoms with van der Waals surface area (Å²) in [5, 5.41) is 11.2. The van der Waals surface area contributed by atoms with E-state index < -0.39 is 0 Å². The molecule has 1 aliphatic rings. The van der Waals surface area contributed by atoms with E-state index in [1.54, 1.807) is 26.4 Å². The fourth-order valence-electron chi connectivity index (χ4n) is 4.01. The lowest BCUT2D eigenvalue weighted by Crippen LogP contribution is -2.29. The van der Waals surface area contributed by atoms with Gasteiger partial charge in [-0.1, -0.05) is 24.6 Å². The quantitative estimate of drug-likeness (QED) is 0.479. The highest BCUT2D eigenvalue weighted by Crippen LogP contribution is 2.42. The second-order valence-electron chi connectivity index (χ2n) is 7.65. The van der Waals surface area contributed by atoms with E-state index in [4.69, 9.17) is 14.2 Å². The maximum Gasteiger partial charge on any atom is 0.150 e. The van der Waals surface area contributed by atoms with Gasteiger partial charge < -0.3 is 19.3 Å². The predicted octanol–water partition coefficient (Wildman–Crippen LogP) is 4.23. The van der Waals surface area contributed by atoms with Crippen LogP contribution in [0.3, 0.4) is 0 Å². The minimum absolute atomic E-state index is 0.0331. The Labute approximate surface area is 184 Å². The van der Waals surface area contributed by atoms with Crippen LogP contribution >= 0.6 is 0 Å². The van der Waals surface area contributed by atoms with Gasteiger partial charge in [0.25, 0.3) is 0 Å². The number of aldehydes is 1. The average molecular weight is 426 g/mol. The van der Waals surface area contributed by atoms with Gasteiger partial charge in [-0.05, 0) is 50.0 Å². The zero-order valence-electron chi connectivity index (χ0n) is 18.5. The molecule has 0 radical (unpaired) electrons. The second kappa shape index (κ2) is 10.9. The topological polar surface area (TPSA) is 68.2 Å². The fourth-order valence-corrected chi connectivity index (χ4v) is 4.01. The molecule has 31 heavy (non-hydrogen) atoms. The van der Waals surface area contributed by atoms with E-state index >= 15 is 0 Å². The third kappa shape index (κ3) is 5.39. The number of piperidine rings is 1. The SMILES string of the molecule is COc1cccc(C/C=C(/C=O)c2c(OC)cc(OC)c(CN3CCCCC3)c2O)c1. The van der Waals surface area contributed by atoms with Crippen LogP contribution in [0.15, 0.2) is 36.4 Å². The Balaban J connectivity index is 1.99. The second-order valence-corrected chi connectivity index (χ2v) is 7.65. The smallest absolute Gasteiger partial charge is 0.150 e. The minimum Gasteiger partial charge on any atom is -0.507 e. The number of allylic oxidation sites excluding steroid dienone is 2. The molecule has 166 valence electrons. The number of rotatable bonds is 9. The van der Waals surface area contributed by atoms with Gasteiger partial charge in [0.2, 0.25) is 0 Å². The monoisotopic (exact) mass is 425 g/mol. The van der Waals surface area contributed by atoms with Crippen LogP contribution in [0.2, 0.25) is 0 Å². The Hall–Kier alpha value is -2.99. The van der Waals surface area contributed by atoms with Crippen molar-refractivity contribution in [3.63, 3.8) is 0 Å². The molecule has 6 nitrogen and oxygen atoms in total. The maximum atomic E-state index is 12.0. The third-order valence-electron chi connectivity index (χ3n) is 5.71. The van der Waals surface area contributed by atoms with E-state index in [1.807, 2.05) is 24.3 Å². The molecule has 0 aliphatic carbocycles. The van der Waals surface area contributed by atoms with Crippen molar-refractivity contribution in [1.29, 1.82) is 0 Å². The largest absolute Gasteiger partial charge is 0.507 e. The van der Waals surface area contributed by atoms with Gasteiger partial charge in [-0.15, -0.1) is 0 Å². The number of carbonyl (C=O) groups excluding carboxylic acids is 1. The molecule has 6 heteroatoms. The normalized spacial score (nSPS) is 14.9. The summed E-state index contributed by atoms with van der Waals surface area (Å²) >= 11 is 0. The van der Waals surface area contributed by atoms with Gasteiger partial charge in [0, 0.05) is 18.2 Å². The summed E-state index contributed by atoms with van der Waals surface area (Å²) in [4.78, 5) is 14.3. The molecule has 0 bridgehead atoms. The molecule has 2 aromatic carbocycles. The number of phenolic OH excluding ortho intramolecular Hbond substituents is 1. The Morgan fingerprint density at radius 3 is 2.42 bits per heavy atom. The summed E-state index contributed by atoms with van der Waals surface area (Å²) in [6.07, 6.45) is 6.60. The van der Waals surface area contributed by atoms with Crippen molar-refractivity contribution < 1.29 is 24.1 Å². The zero-order chi connectivity index (χ0) is 22.2. The van der Waals surface area contributed by atoms with Gasteiger partial charge in [-0.3, -0.25) is 9.69 Å². The van der Waals surface area contributed by atoms with Crippen LogP contribution in [0.5, 0.6) is 23.0 Å². The Morgan fingerprint density at radius 2 is 1.77 bits per heavy atom. The van der Waals surface area contributed by atoms with Crippen molar-refractivity contribution in [2.24, 2.45) is 0 Å². The van der Waals surface area contributed by atoms with E-state index in [0.717, 1.165) is 43.5 Å². The maximum absolute atomic E-state index is 12.0. The van der Waals surface area contributed by atoms with Gasteiger partial charge >= 0.3 is 0 Å². The molecular formula is C25H31NO5. The van der Waals surface area contributed by atoms with Crippen molar-refractivity contribution in [3.05, 3.63) is 53.1 Å². The number of phenols is 1. The van der Waals surface area contributed by atoms with E-state index in [9.17, 15) is 9.90 Å². The van der Waals surface area contributed by atoms with Gasteiger partial charge in [0.05, 0.1) is 32.5 Å². The summed E-state index contributed by atoms with van der Waals surface area (Å²) < 4.78 is 16.3. The molecule has 0 atom stereocenters. The molecule has 1 fully saturated rings. The number of methoxy groups -OCH3 is 3. The Bertz CT molecular complexity index is 932. The molecule has 0 amide bonds. The van der Waals surface area contributed by atoms with Crippen LogP contribution in [0.4, 0.5) is 0 Å². The molecule has 2 aromatic rings. The molecular weight excluding hydrogens is 394 g/mol. The summed E-state index contributed by atoms with van der Waals surface area (Å²) in [5.74, 6) is 1.75. The van der Waals surface area contributed by atoms with Crippen LogP contribution in [-0.4, -0.2) is 50.7 Å². The number of likely N-dealkylation sites (tertiary alicyclic amines) is 1. The number of nitrogens with zero attached hydrogens (tertiary/aromatic N) is 1. The summed E-state index contributed by atoms with van der Waals surface area (Å²) in [5.41, 5.74) is 2.45. The molecule has 0 aromatic heterocycles. The highest BCUT2D eigenvalue weighted by atomic mass is 16.5. The Morgan fingerprint density at radius 1 is 1.03 bits per heavy atom. The van der Waals surface area contributed by atoms with Gasteiger partial charge in [-0.2, -0.15) is 0 Å². The number of hydrogen-bond donors (Lipinski definition) is 1. The van der Waals surface area contributed by atoms with E-state index in [2.05, 4.69) is 4.90 Å². The molecule has 1 heterocycles. The first-order valence-electron chi connectivity index (χ1n) is 10.6. The van der Waals surface area contributed by atoms with Crippen molar-refractivity contribution >= 4 is 11.9 Å². The third-order valence-corrected chi connectivity index (χ3v) is 5.71. The van der Waals surface area contributed by atoms with Crippen LogP contribution in [-0.2, 0) is 17.8 Å². The first-order valence-corrected chi connectivity index (χ1v) is 10.6. The first-order chi connectivity index (χ1) is 15.1. The summed E-state index contributed by atoms with van der Waals surface area (Å²) in [6.45, 7) is 2.53. The summed E-state index contributed by atoms with van der Waals surface area (Å²) in [6, 6.07) is 9.42. The highest BCUT2D eigenvalue weighted by Gasteiger charge is 2.24. The molecule has 1 saturated heterocycles. The molecule has 0 spiro atoms. The van der Waals surface area contributed by atoms with Gasteiger partial charge in [0.1, 0.15) is 23.0 Å². The van der Waals surface area contributed by atoms with Crippen LogP contribution in [0.1, 0.15) is 36.0 Å². The van der Waals surface area contributed by atoms with Gasteiger partial charge in [-0.25, -0.2) is 0 Å². The highest BCUT2D eigenvalue weighted by molar-refractivity contribution is 6.09. The fraction of sp³-hybridized carbons (Fsp3) is 0.400. The number of ether oxygens (including phenoxy) is 3. The number of carbonyl (C=O) groups is 1. The van der Waals surface area contributed by atoms with E-state index in [-0.39, 0.29) is 5.75 Å². The molecule has 1 aliphatic heterocycles. The van der Waals surface area contributed by atoms with Crippen LogP contribution in [0, 0.1) is 0 Å². The van der Waals surface area contributed by atoms with Gasteiger partial charge in [0.15, 0.2) is 6.29 Å². The lowest BCUT2D eigenvalue weighted by molar-refractivity contribution is -0.103. The van der Waals surface area contributed by atoms with Crippen molar-refractivity contribution in [1.82, 2.24) is 4.90 Å². The summed E-state index contributed by atoms with van der Waals surface area (Å²) in [7, 11) is 4.72. The van der Waals surface area contributed by atoms with Crippen molar-refractivity contribution in [2.45, 2.75) is 32.2 Å². The number of aromatic hydroxyl groups is 1. The van der Waals surface area contributed by atoms with E-state index in [1.165, 1.54) is 13.5 Å². The average Bonchev–Trinajstić information content (AvgIpc) is 2.82. The molecule has 3 rings (SSSR count). The van der Waals surface area contributed by atoms with E-state index in [0.29, 0.717) is 41.2 Å².